The zero-order chi connectivity index (χ0) is 9.56. The largest absolute Gasteiger partial charge is 0.481 e. The van der Waals surface area contributed by atoms with E-state index in [-0.39, 0.29) is 0 Å². The van der Waals surface area contributed by atoms with E-state index in [0.717, 1.165) is 6.42 Å². The van der Waals surface area contributed by atoms with E-state index in [0.29, 0.717) is 19.1 Å². The van der Waals surface area contributed by atoms with Gasteiger partial charge >= 0.3 is 5.97 Å². The predicted molar refractivity (Wildman–Crippen MR) is 47.1 cm³/mol. The monoisotopic (exact) mass is 174 g/mol. The maximum absolute atomic E-state index is 10.3. The molecular weight excluding hydrogens is 156 g/mol. The van der Waals surface area contributed by atoms with Gasteiger partial charge in [-0.1, -0.05) is 13.8 Å². The van der Waals surface area contributed by atoms with Crippen molar-refractivity contribution < 1.29 is 14.6 Å². The van der Waals surface area contributed by atoms with E-state index in [1.807, 2.05) is 0 Å². The summed E-state index contributed by atoms with van der Waals surface area (Å²) in [4.78, 5) is 10.3. The molecule has 1 N–H and O–H groups in total. The van der Waals surface area contributed by atoms with E-state index < -0.39 is 11.9 Å². The summed E-state index contributed by atoms with van der Waals surface area (Å²) in [6.45, 7) is 6.86. The first-order valence-electron chi connectivity index (χ1n) is 4.34. The minimum Gasteiger partial charge on any atom is -0.481 e. The van der Waals surface area contributed by atoms with Crippen molar-refractivity contribution in [1.82, 2.24) is 0 Å². The molecule has 0 saturated carbocycles. The summed E-state index contributed by atoms with van der Waals surface area (Å²) in [7, 11) is 0. The van der Waals surface area contributed by atoms with E-state index in [2.05, 4.69) is 13.8 Å². The van der Waals surface area contributed by atoms with Gasteiger partial charge in [0, 0.05) is 6.61 Å². The minimum absolute atomic E-state index is 0.321. The molecule has 0 bridgehead atoms. The van der Waals surface area contributed by atoms with Gasteiger partial charge in [-0.25, -0.2) is 0 Å². The fraction of sp³-hybridized carbons (Fsp3) is 0.889. The molecule has 1 atom stereocenters. The number of carboxylic acids is 1. The second-order valence-corrected chi connectivity index (χ2v) is 3.50. The zero-order valence-corrected chi connectivity index (χ0v) is 8.04. The van der Waals surface area contributed by atoms with Crippen molar-refractivity contribution in [3.8, 4) is 0 Å². The molecular formula is C9H18O3. The minimum atomic E-state index is -0.792. The Labute approximate surface area is 73.7 Å². The number of carboxylic acid groups (broad SMARTS) is 1. The van der Waals surface area contributed by atoms with Crippen LogP contribution in [0.3, 0.4) is 0 Å². The number of aliphatic carboxylic acids is 1. The molecule has 0 aromatic rings. The van der Waals surface area contributed by atoms with Gasteiger partial charge in [-0.3, -0.25) is 4.79 Å². The van der Waals surface area contributed by atoms with Gasteiger partial charge in [-0.2, -0.15) is 0 Å². The smallest absolute Gasteiger partial charge is 0.308 e. The second kappa shape index (κ2) is 6.00. The molecule has 0 heterocycles. The van der Waals surface area contributed by atoms with Crippen LogP contribution < -0.4 is 0 Å². The molecule has 0 radical (unpaired) electrons. The Balaban J connectivity index is 3.25. The summed E-state index contributed by atoms with van der Waals surface area (Å²) in [5.74, 6) is -0.568. The number of ether oxygens (including phenoxy) is 1. The molecule has 0 saturated heterocycles. The zero-order valence-electron chi connectivity index (χ0n) is 8.04. The van der Waals surface area contributed by atoms with Gasteiger partial charge in [-0.15, -0.1) is 0 Å². The van der Waals surface area contributed by atoms with Crippen LogP contribution in [0, 0.1) is 11.8 Å². The SMILES string of the molecule is CC(C)CCOCC(C)C(=O)O. The summed E-state index contributed by atoms with van der Waals surface area (Å²) in [5, 5.41) is 8.51. The lowest BCUT2D eigenvalue weighted by molar-refractivity contribution is -0.143. The van der Waals surface area contributed by atoms with Crippen molar-refractivity contribution in [3.05, 3.63) is 0 Å². The van der Waals surface area contributed by atoms with E-state index in [1.54, 1.807) is 6.92 Å². The summed E-state index contributed by atoms with van der Waals surface area (Å²) in [6, 6.07) is 0. The van der Waals surface area contributed by atoms with Crippen molar-refractivity contribution in [2.45, 2.75) is 27.2 Å². The van der Waals surface area contributed by atoms with Gasteiger partial charge in [0.25, 0.3) is 0 Å². The molecule has 3 heteroatoms. The molecule has 0 aliphatic heterocycles. The van der Waals surface area contributed by atoms with E-state index in [1.165, 1.54) is 0 Å². The summed E-state index contributed by atoms with van der Waals surface area (Å²) in [6.07, 6.45) is 0.992. The first-order chi connectivity index (χ1) is 5.54. The van der Waals surface area contributed by atoms with Crippen molar-refractivity contribution in [2.24, 2.45) is 11.8 Å². The van der Waals surface area contributed by atoms with E-state index in [4.69, 9.17) is 9.84 Å². The van der Waals surface area contributed by atoms with Crippen molar-refractivity contribution >= 4 is 5.97 Å². The van der Waals surface area contributed by atoms with Crippen LogP contribution in [0.2, 0.25) is 0 Å². The normalized spacial score (nSPS) is 13.3. The van der Waals surface area contributed by atoms with E-state index in [9.17, 15) is 4.79 Å². The average molecular weight is 174 g/mol. The molecule has 0 aromatic carbocycles. The highest BCUT2D eigenvalue weighted by atomic mass is 16.5. The third kappa shape index (κ3) is 6.16. The Kier molecular flexibility index (Phi) is 5.72. The lowest BCUT2D eigenvalue weighted by Crippen LogP contribution is -2.16. The van der Waals surface area contributed by atoms with Crippen LogP contribution in [0.4, 0.5) is 0 Å². The third-order valence-electron chi connectivity index (χ3n) is 1.63. The Morgan fingerprint density at radius 2 is 2.00 bits per heavy atom. The maximum Gasteiger partial charge on any atom is 0.308 e. The molecule has 0 aliphatic rings. The van der Waals surface area contributed by atoms with Crippen LogP contribution in [-0.2, 0) is 9.53 Å². The fourth-order valence-electron chi connectivity index (χ4n) is 0.650. The number of hydrogen-bond donors (Lipinski definition) is 1. The molecule has 1 unspecified atom stereocenters. The highest BCUT2D eigenvalue weighted by molar-refractivity contribution is 5.69. The second-order valence-electron chi connectivity index (χ2n) is 3.50. The highest BCUT2D eigenvalue weighted by Crippen LogP contribution is 2.01. The van der Waals surface area contributed by atoms with E-state index >= 15 is 0 Å². The molecule has 72 valence electrons. The Morgan fingerprint density at radius 1 is 1.42 bits per heavy atom. The molecule has 0 aromatic heterocycles. The Bertz CT molecular complexity index is 132. The number of hydrogen-bond acceptors (Lipinski definition) is 2. The summed E-state index contributed by atoms with van der Waals surface area (Å²) in [5.41, 5.74) is 0. The molecule has 0 fully saturated rings. The van der Waals surface area contributed by atoms with Gasteiger partial charge in [0.15, 0.2) is 0 Å². The number of rotatable bonds is 6. The summed E-state index contributed by atoms with van der Waals surface area (Å²) < 4.78 is 5.19. The maximum atomic E-state index is 10.3. The van der Waals surface area contributed by atoms with Crippen LogP contribution in [-0.4, -0.2) is 24.3 Å². The van der Waals surface area contributed by atoms with Crippen LogP contribution in [0.1, 0.15) is 27.2 Å². The van der Waals surface area contributed by atoms with Crippen LogP contribution >= 0.6 is 0 Å². The predicted octanol–water partition coefficient (Wildman–Crippen LogP) is 1.77. The highest BCUT2D eigenvalue weighted by Gasteiger charge is 2.09. The lowest BCUT2D eigenvalue weighted by atomic mass is 10.1. The van der Waals surface area contributed by atoms with Gasteiger partial charge in [-0.05, 0) is 19.3 Å². The molecule has 0 spiro atoms. The molecule has 0 amide bonds. The molecule has 0 rings (SSSR count). The Morgan fingerprint density at radius 3 is 2.42 bits per heavy atom. The van der Waals surface area contributed by atoms with Crippen LogP contribution in [0.5, 0.6) is 0 Å². The van der Waals surface area contributed by atoms with Gasteiger partial charge in [0.2, 0.25) is 0 Å². The first-order valence-corrected chi connectivity index (χ1v) is 4.34. The molecule has 12 heavy (non-hydrogen) atoms. The van der Waals surface area contributed by atoms with Crippen LogP contribution in [0.15, 0.2) is 0 Å². The molecule has 3 nitrogen and oxygen atoms in total. The van der Waals surface area contributed by atoms with Crippen molar-refractivity contribution in [1.29, 1.82) is 0 Å². The molecule has 0 aliphatic carbocycles. The third-order valence-corrected chi connectivity index (χ3v) is 1.63. The van der Waals surface area contributed by atoms with Gasteiger partial charge < -0.3 is 9.84 Å². The summed E-state index contributed by atoms with van der Waals surface area (Å²) >= 11 is 0. The fourth-order valence-corrected chi connectivity index (χ4v) is 0.650. The van der Waals surface area contributed by atoms with Crippen LogP contribution in [0.25, 0.3) is 0 Å². The van der Waals surface area contributed by atoms with Gasteiger partial charge in [0.1, 0.15) is 0 Å². The standard InChI is InChI=1S/C9H18O3/c1-7(2)4-5-12-6-8(3)9(10)11/h7-8H,4-6H2,1-3H3,(H,10,11). The van der Waals surface area contributed by atoms with Crippen molar-refractivity contribution in [3.63, 3.8) is 0 Å². The topological polar surface area (TPSA) is 46.5 Å². The number of carbonyl (C=O) groups is 1. The average Bonchev–Trinajstić information content (AvgIpc) is 1.97. The quantitative estimate of drug-likeness (QED) is 0.624. The van der Waals surface area contributed by atoms with Gasteiger partial charge in [0.05, 0.1) is 12.5 Å². The lowest BCUT2D eigenvalue weighted by Gasteiger charge is -2.08. The van der Waals surface area contributed by atoms with Crippen molar-refractivity contribution in [2.75, 3.05) is 13.2 Å². The Hall–Kier alpha value is -0.570. The first kappa shape index (κ1) is 11.4.